The second-order valence-electron chi connectivity index (χ2n) is 3.53. The standard InChI is InChI=1S/C10H18O3/c1-3-4-5-6-8(2)7-9(11)10(12)13/h8H,3-7H2,1-2H3,(H,12,13). The molecule has 3 heteroatoms. The summed E-state index contributed by atoms with van der Waals surface area (Å²) in [4.78, 5) is 21.0. The first-order chi connectivity index (χ1) is 6.07. The Balaban J connectivity index is 3.55. The molecular formula is C10H18O3. The molecule has 0 aromatic rings. The molecule has 0 amide bonds. The number of rotatable bonds is 7. The van der Waals surface area contributed by atoms with Gasteiger partial charge in [-0.25, -0.2) is 4.79 Å². The summed E-state index contributed by atoms with van der Waals surface area (Å²) < 4.78 is 0. The number of carboxylic acids is 1. The third-order valence-corrected chi connectivity index (χ3v) is 2.07. The number of carbonyl (C=O) groups excluding carboxylic acids is 1. The van der Waals surface area contributed by atoms with Crippen LogP contribution in [0.2, 0.25) is 0 Å². The predicted octanol–water partition coefficient (Wildman–Crippen LogP) is 2.25. The molecule has 1 unspecified atom stereocenters. The van der Waals surface area contributed by atoms with Crippen LogP contribution in [0, 0.1) is 5.92 Å². The van der Waals surface area contributed by atoms with Gasteiger partial charge in [-0.1, -0.05) is 39.5 Å². The monoisotopic (exact) mass is 186 g/mol. The highest BCUT2D eigenvalue weighted by Crippen LogP contribution is 2.13. The fourth-order valence-corrected chi connectivity index (χ4v) is 1.25. The fraction of sp³-hybridized carbons (Fsp3) is 0.800. The van der Waals surface area contributed by atoms with Crippen molar-refractivity contribution in [2.24, 2.45) is 5.92 Å². The molecular weight excluding hydrogens is 168 g/mol. The van der Waals surface area contributed by atoms with Gasteiger partial charge in [-0.15, -0.1) is 0 Å². The van der Waals surface area contributed by atoms with Crippen LogP contribution in [0.3, 0.4) is 0 Å². The van der Waals surface area contributed by atoms with E-state index in [9.17, 15) is 9.59 Å². The Labute approximate surface area is 79.1 Å². The topological polar surface area (TPSA) is 54.4 Å². The van der Waals surface area contributed by atoms with E-state index in [-0.39, 0.29) is 12.3 Å². The van der Waals surface area contributed by atoms with E-state index in [0.29, 0.717) is 0 Å². The Hall–Kier alpha value is -0.860. The van der Waals surface area contributed by atoms with Crippen molar-refractivity contribution in [2.75, 3.05) is 0 Å². The number of unbranched alkanes of at least 4 members (excludes halogenated alkanes) is 2. The molecule has 3 nitrogen and oxygen atoms in total. The van der Waals surface area contributed by atoms with Crippen LogP contribution in [0.4, 0.5) is 0 Å². The van der Waals surface area contributed by atoms with Crippen LogP contribution < -0.4 is 0 Å². The first-order valence-corrected chi connectivity index (χ1v) is 4.84. The van der Waals surface area contributed by atoms with Gasteiger partial charge in [0.1, 0.15) is 0 Å². The van der Waals surface area contributed by atoms with Gasteiger partial charge in [0.15, 0.2) is 0 Å². The first-order valence-electron chi connectivity index (χ1n) is 4.84. The summed E-state index contributed by atoms with van der Waals surface area (Å²) >= 11 is 0. The molecule has 0 saturated heterocycles. The van der Waals surface area contributed by atoms with Gasteiger partial charge < -0.3 is 5.11 Å². The smallest absolute Gasteiger partial charge is 0.372 e. The van der Waals surface area contributed by atoms with Crippen LogP contribution >= 0.6 is 0 Å². The highest BCUT2D eigenvalue weighted by molar-refractivity contribution is 6.32. The summed E-state index contributed by atoms with van der Waals surface area (Å²) in [6, 6.07) is 0. The third kappa shape index (κ3) is 6.31. The highest BCUT2D eigenvalue weighted by Gasteiger charge is 2.14. The number of hydrogen-bond acceptors (Lipinski definition) is 2. The van der Waals surface area contributed by atoms with E-state index in [1.807, 2.05) is 6.92 Å². The van der Waals surface area contributed by atoms with E-state index in [1.54, 1.807) is 0 Å². The molecule has 0 fully saturated rings. The zero-order chi connectivity index (χ0) is 10.3. The normalized spacial score (nSPS) is 12.5. The Bertz CT molecular complexity index is 175. The van der Waals surface area contributed by atoms with E-state index < -0.39 is 11.8 Å². The van der Waals surface area contributed by atoms with Crippen molar-refractivity contribution in [1.29, 1.82) is 0 Å². The molecule has 0 bridgehead atoms. The van der Waals surface area contributed by atoms with Gasteiger partial charge in [-0.3, -0.25) is 4.79 Å². The molecule has 76 valence electrons. The number of aliphatic carboxylic acids is 1. The van der Waals surface area contributed by atoms with Crippen LogP contribution in [0.5, 0.6) is 0 Å². The van der Waals surface area contributed by atoms with Gasteiger partial charge >= 0.3 is 5.97 Å². The minimum Gasteiger partial charge on any atom is -0.476 e. The number of hydrogen-bond donors (Lipinski definition) is 1. The first kappa shape index (κ1) is 12.1. The van der Waals surface area contributed by atoms with Gasteiger partial charge in [0.05, 0.1) is 0 Å². The average molecular weight is 186 g/mol. The summed E-state index contributed by atoms with van der Waals surface area (Å²) in [5.74, 6) is -1.76. The van der Waals surface area contributed by atoms with Gasteiger partial charge in [-0.2, -0.15) is 0 Å². The Kier molecular flexibility index (Phi) is 6.20. The lowest BCUT2D eigenvalue weighted by Gasteiger charge is -2.07. The summed E-state index contributed by atoms with van der Waals surface area (Å²) in [6.07, 6.45) is 4.53. The SMILES string of the molecule is CCCCCC(C)CC(=O)C(=O)O. The van der Waals surface area contributed by atoms with E-state index in [2.05, 4.69) is 6.92 Å². The molecule has 0 spiro atoms. The summed E-state index contributed by atoms with van der Waals surface area (Å²) in [6.45, 7) is 4.05. The largest absolute Gasteiger partial charge is 0.476 e. The molecule has 0 aliphatic carbocycles. The van der Waals surface area contributed by atoms with Crippen LogP contribution in [-0.4, -0.2) is 16.9 Å². The maximum Gasteiger partial charge on any atom is 0.372 e. The molecule has 1 N–H and O–H groups in total. The van der Waals surface area contributed by atoms with Crippen molar-refractivity contribution in [2.45, 2.75) is 46.0 Å². The van der Waals surface area contributed by atoms with Crippen LogP contribution in [0.15, 0.2) is 0 Å². The van der Waals surface area contributed by atoms with E-state index in [4.69, 9.17) is 5.11 Å². The van der Waals surface area contributed by atoms with E-state index >= 15 is 0 Å². The van der Waals surface area contributed by atoms with Gasteiger partial charge in [-0.05, 0) is 5.92 Å². The van der Waals surface area contributed by atoms with Crippen molar-refractivity contribution in [3.63, 3.8) is 0 Å². The maximum atomic E-state index is 10.8. The minimum absolute atomic E-state index is 0.180. The number of carboxylic acid groups (broad SMARTS) is 1. The molecule has 0 heterocycles. The minimum atomic E-state index is -1.30. The number of Topliss-reactive ketones (excluding diaryl/α,β-unsaturated/α-hetero) is 1. The average Bonchev–Trinajstić information content (AvgIpc) is 2.04. The van der Waals surface area contributed by atoms with Crippen molar-refractivity contribution in [3.8, 4) is 0 Å². The van der Waals surface area contributed by atoms with Crippen molar-refractivity contribution < 1.29 is 14.7 Å². The maximum absolute atomic E-state index is 10.8. The van der Waals surface area contributed by atoms with Gasteiger partial charge in [0.2, 0.25) is 5.78 Å². The zero-order valence-electron chi connectivity index (χ0n) is 8.38. The number of carbonyl (C=O) groups is 2. The van der Waals surface area contributed by atoms with Crippen molar-refractivity contribution in [1.82, 2.24) is 0 Å². The molecule has 0 aromatic carbocycles. The van der Waals surface area contributed by atoms with Crippen LogP contribution in [0.1, 0.15) is 46.0 Å². The third-order valence-electron chi connectivity index (χ3n) is 2.07. The highest BCUT2D eigenvalue weighted by atomic mass is 16.4. The van der Waals surface area contributed by atoms with E-state index in [1.165, 1.54) is 0 Å². The summed E-state index contributed by atoms with van der Waals surface area (Å²) in [7, 11) is 0. The van der Waals surface area contributed by atoms with Crippen molar-refractivity contribution >= 4 is 11.8 Å². The molecule has 1 atom stereocenters. The molecule has 0 saturated carbocycles. The van der Waals surface area contributed by atoms with Crippen LogP contribution in [-0.2, 0) is 9.59 Å². The summed E-state index contributed by atoms with van der Waals surface area (Å²) in [5.41, 5.74) is 0. The van der Waals surface area contributed by atoms with Gasteiger partial charge in [0.25, 0.3) is 0 Å². The Morgan fingerprint density at radius 2 is 1.92 bits per heavy atom. The molecule has 0 aliphatic heterocycles. The zero-order valence-corrected chi connectivity index (χ0v) is 8.38. The second-order valence-corrected chi connectivity index (χ2v) is 3.53. The lowest BCUT2D eigenvalue weighted by atomic mass is 9.98. The fourth-order valence-electron chi connectivity index (χ4n) is 1.25. The van der Waals surface area contributed by atoms with Crippen molar-refractivity contribution in [3.05, 3.63) is 0 Å². The molecule has 0 radical (unpaired) electrons. The van der Waals surface area contributed by atoms with E-state index in [0.717, 1.165) is 25.7 Å². The molecule has 0 aromatic heterocycles. The molecule has 13 heavy (non-hydrogen) atoms. The lowest BCUT2D eigenvalue weighted by molar-refractivity contribution is -0.149. The summed E-state index contributed by atoms with van der Waals surface area (Å²) in [5, 5.41) is 8.35. The Morgan fingerprint density at radius 1 is 1.31 bits per heavy atom. The second kappa shape index (κ2) is 6.63. The predicted molar refractivity (Wildman–Crippen MR) is 50.6 cm³/mol. The van der Waals surface area contributed by atoms with Crippen LogP contribution in [0.25, 0.3) is 0 Å². The quantitative estimate of drug-likeness (QED) is 0.490. The Morgan fingerprint density at radius 3 is 2.38 bits per heavy atom. The number of ketones is 1. The molecule has 0 aliphatic rings. The molecule has 0 rings (SSSR count). The lowest BCUT2D eigenvalue weighted by Crippen LogP contribution is -2.15. The van der Waals surface area contributed by atoms with Gasteiger partial charge in [0, 0.05) is 6.42 Å².